The van der Waals surface area contributed by atoms with Crippen LogP contribution in [0.3, 0.4) is 0 Å². The molecule has 3 amide bonds. The zero-order valence-electron chi connectivity index (χ0n) is 16.2. The second-order valence-corrected chi connectivity index (χ2v) is 8.50. The highest BCUT2D eigenvalue weighted by Crippen LogP contribution is 2.51. The molecule has 148 valence electrons. The predicted octanol–water partition coefficient (Wildman–Crippen LogP) is 2.02. The lowest BCUT2D eigenvalue weighted by Gasteiger charge is -2.29. The van der Waals surface area contributed by atoms with Crippen molar-refractivity contribution in [2.24, 2.45) is 11.8 Å². The minimum absolute atomic E-state index is 0.0777. The number of hydrogen-bond donors (Lipinski definition) is 1. The number of fused-ring (bicyclic) bond motifs is 5. The van der Waals surface area contributed by atoms with Crippen molar-refractivity contribution in [3.8, 4) is 0 Å². The summed E-state index contributed by atoms with van der Waals surface area (Å²) in [6.45, 7) is 5.65. The summed E-state index contributed by atoms with van der Waals surface area (Å²) in [5.41, 5.74) is -0.739. The summed E-state index contributed by atoms with van der Waals surface area (Å²) in [5.74, 6) is -1.64. The summed E-state index contributed by atoms with van der Waals surface area (Å²) in [6, 6.07) is 9.42. The maximum Gasteiger partial charge on any atom is 0.407 e. The fourth-order valence-corrected chi connectivity index (χ4v) is 4.21. The Bertz CT molecular complexity index is 844. The first-order valence-corrected chi connectivity index (χ1v) is 9.43. The number of likely N-dealkylation sites (tertiary alicyclic amines) is 1. The molecule has 2 bridgehead atoms. The molecular formula is C21H24N2O5. The number of imide groups is 1. The number of benzene rings is 1. The van der Waals surface area contributed by atoms with E-state index in [4.69, 9.17) is 9.47 Å². The van der Waals surface area contributed by atoms with Gasteiger partial charge in [-0.1, -0.05) is 42.5 Å². The van der Waals surface area contributed by atoms with Gasteiger partial charge in [0.15, 0.2) is 0 Å². The third kappa shape index (κ3) is 3.09. The number of amides is 3. The van der Waals surface area contributed by atoms with Crippen LogP contribution < -0.4 is 5.32 Å². The summed E-state index contributed by atoms with van der Waals surface area (Å²) in [6.07, 6.45) is 2.59. The normalized spacial score (nSPS) is 30.7. The highest BCUT2D eigenvalue weighted by Gasteiger charge is 2.67. The highest BCUT2D eigenvalue weighted by molar-refractivity contribution is 6.07. The zero-order chi connectivity index (χ0) is 20.1. The molecule has 1 N–H and O–H groups in total. The molecule has 2 fully saturated rings. The number of hydrogen-bond acceptors (Lipinski definition) is 5. The molecule has 0 aromatic heterocycles. The standard InChI is InChI=1S/C21H24N2O5/c1-20(2,3)28-19(26)22-12-21-10-9-14(27-21)15-16(21)18(25)23(17(15)24)11-13-7-5-4-6-8-13/h4-10,14-16H,11-12H2,1-3H3,(H,22,26)/t14-,15+,16+,21-/m1/s1. The molecule has 4 atom stereocenters. The largest absolute Gasteiger partial charge is 0.444 e. The van der Waals surface area contributed by atoms with Gasteiger partial charge in [0, 0.05) is 0 Å². The van der Waals surface area contributed by atoms with Crippen molar-refractivity contribution >= 4 is 17.9 Å². The Hall–Kier alpha value is -2.67. The van der Waals surface area contributed by atoms with Crippen molar-refractivity contribution < 1.29 is 23.9 Å². The lowest BCUT2D eigenvalue weighted by molar-refractivity contribution is -0.144. The topological polar surface area (TPSA) is 84.9 Å². The number of nitrogens with one attached hydrogen (secondary N) is 1. The van der Waals surface area contributed by atoms with Crippen LogP contribution in [0.25, 0.3) is 0 Å². The summed E-state index contributed by atoms with van der Waals surface area (Å²) in [7, 11) is 0. The highest BCUT2D eigenvalue weighted by atomic mass is 16.6. The Kier molecular flexibility index (Phi) is 4.30. The maximum atomic E-state index is 13.1. The minimum atomic E-state index is -1.01. The Morgan fingerprint density at radius 3 is 2.61 bits per heavy atom. The first-order valence-electron chi connectivity index (χ1n) is 9.43. The molecule has 0 unspecified atom stereocenters. The van der Waals surface area contributed by atoms with Gasteiger partial charge in [0.1, 0.15) is 11.2 Å². The van der Waals surface area contributed by atoms with Gasteiger partial charge in [-0.05, 0) is 26.3 Å². The number of rotatable bonds is 4. The van der Waals surface area contributed by atoms with Gasteiger partial charge in [0.25, 0.3) is 0 Å². The van der Waals surface area contributed by atoms with Crippen LogP contribution in [-0.4, -0.2) is 46.7 Å². The fraction of sp³-hybridized carbons (Fsp3) is 0.476. The van der Waals surface area contributed by atoms with E-state index >= 15 is 0 Å². The fourth-order valence-electron chi connectivity index (χ4n) is 4.21. The van der Waals surface area contributed by atoms with Crippen LogP contribution in [0.4, 0.5) is 4.79 Å². The lowest BCUT2D eigenvalue weighted by Crippen LogP contribution is -2.49. The van der Waals surface area contributed by atoms with Gasteiger partial charge in [-0.15, -0.1) is 0 Å². The smallest absolute Gasteiger partial charge is 0.407 e. The van der Waals surface area contributed by atoms with Gasteiger partial charge in [-0.25, -0.2) is 4.79 Å². The molecule has 0 spiro atoms. The first kappa shape index (κ1) is 18.7. The van der Waals surface area contributed by atoms with Crippen molar-refractivity contribution in [3.05, 3.63) is 48.0 Å². The summed E-state index contributed by atoms with van der Waals surface area (Å²) in [5, 5.41) is 2.69. The van der Waals surface area contributed by atoms with Crippen molar-refractivity contribution in [1.82, 2.24) is 10.2 Å². The van der Waals surface area contributed by atoms with E-state index < -0.39 is 35.2 Å². The quantitative estimate of drug-likeness (QED) is 0.634. The van der Waals surface area contributed by atoms with E-state index in [-0.39, 0.29) is 24.9 Å². The van der Waals surface area contributed by atoms with Crippen molar-refractivity contribution in [2.45, 2.75) is 44.6 Å². The molecule has 3 heterocycles. The number of ether oxygens (including phenoxy) is 2. The molecule has 28 heavy (non-hydrogen) atoms. The van der Waals surface area contributed by atoms with Gasteiger partial charge >= 0.3 is 6.09 Å². The van der Waals surface area contributed by atoms with Gasteiger partial charge in [0.05, 0.1) is 31.0 Å². The Labute approximate surface area is 163 Å². The molecule has 0 aliphatic carbocycles. The van der Waals surface area contributed by atoms with Gasteiger partial charge < -0.3 is 14.8 Å². The number of carbonyl (C=O) groups is 3. The number of alkyl carbamates (subject to hydrolysis) is 1. The molecule has 1 aromatic carbocycles. The van der Waals surface area contributed by atoms with Crippen molar-refractivity contribution in [1.29, 1.82) is 0 Å². The predicted molar refractivity (Wildman–Crippen MR) is 100.0 cm³/mol. The van der Waals surface area contributed by atoms with Crippen molar-refractivity contribution in [2.75, 3.05) is 6.54 Å². The third-order valence-corrected chi connectivity index (χ3v) is 5.34. The van der Waals surface area contributed by atoms with E-state index in [1.165, 1.54) is 4.90 Å². The molecule has 3 aliphatic heterocycles. The molecule has 4 rings (SSSR count). The van der Waals surface area contributed by atoms with Crippen LogP contribution >= 0.6 is 0 Å². The SMILES string of the molecule is CC(C)(C)OC(=O)NC[C@@]12C=C[C@@H](O1)[C@@H]1C(=O)N(Cc3ccccc3)C(=O)[C@H]12. The average Bonchev–Trinajstić information content (AvgIpc) is 3.26. The van der Waals surface area contributed by atoms with Crippen LogP contribution in [0, 0.1) is 11.8 Å². The Morgan fingerprint density at radius 2 is 1.93 bits per heavy atom. The molecule has 7 heteroatoms. The number of nitrogens with zero attached hydrogens (tertiary/aromatic N) is 1. The van der Waals surface area contributed by atoms with E-state index in [1.807, 2.05) is 36.4 Å². The van der Waals surface area contributed by atoms with E-state index in [0.29, 0.717) is 0 Å². The van der Waals surface area contributed by atoms with Gasteiger partial charge in [-0.3, -0.25) is 14.5 Å². The van der Waals surface area contributed by atoms with Crippen LogP contribution in [0.5, 0.6) is 0 Å². The molecule has 2 saturated heterocycles. The van der Waals surface area contributed by atoms with Crippen LogP contribution in [-0.2, 0) is 25.6 Å². The molecule has 1 aromatic rings. The van der Waals surface area contributed by atoms with Crippen LogP contribution in [0.15, 0.2) is 42.5 Å². The second kappa shape index (κ2) is 6.44. The summed E-state index contributed by atoms with van der Waals surface area (Å²) < 4.78 is 11.3. The second-order valence-electron chi connectivity index (χ2n) is 8.50. The Balaban J connectivity index is 1.51. The van der Waals surface area contributed by atoms with Gasteiger partial charge in [0.2, 0.25) is 11.8 Å². The third-order valence-electron chi connectivity index (χ3n) is 5.34. The first-order chi connectivity index (χ1) is 13.2. The molecule has 7 nitrogen and oxygen atoms in total. The maximum absolute atomic E-state index is 13.1. The van der Waals surface area contributed by atoms with Crippen LogP contribution in [0.1, 0.15) is 26.3 Å². The summed E-state index contributed by atoms with van der Waals surface area (Å²) in [4.78, 5) is 39.4. The monoisotopic (exact) mass is 384 g/mol. The van der Waals surface area contributed by atoms with E-state index in [9.17, 15) is 14.4 Å². The molecule has 0 radical (unpaired) electrons. The van der Waals surface area contributed by atoms with Crippen molar-refractivity contribution in [3.63, 3.8) is 0 Å². The molecule has 0 saturated carbocycles. The number of carbonyl (C=O) groups excluding carboxylic acids is 3. The zero-order valence-corrected chi connectivity index (χ0v) is 16.2. The van der Waals surface area contributed by atoms with Gasteiger partial charge in [-0.2, -0.15) is 0 Å². The molecule has 3 aliphatic rings. The lowest BCUT2D eigenvalue weighted by atomic mass is 9.77. The average molecular weight is 384 g/mol. The van der Waals surface area contributed by atoms with E-state index in [0.717, 1.165) is 5.56 Å². The molecular weight excluding hydrogens is 360 g/mol. The van der Waals surface area contributed by atoms with Crippen LogP contribution in [0.2, 0.25) is 0 Å². The Morgan fingerprint density at radius 1 is 1.21 bits per heavy atom. The minimum Gasteiger partial charge on any atom is -0.444 e. The van der Waals surface area contributed by atoms with E-state index in [1.54, 1.807) is 26.8 Å². The van der Waals surface area contributed by atoms with E-state index in [2.05, 4.69) is 5.32 Å². The summed E-state index contributed by atoms with van der Waals surface area (Å²) >= 11 is 0.